The van der Waals surface area contributed by atoms with Crippen molar-refractivity contribution in [3.63, 3.8) is 0 Å². The largest absolute Gasteiger partial charge is 0.335 e. The van der Waals surface area contributed by atoms with Crippen molar-refractivity contribution >= 4 is 38.9 Å². The van der Waals surface area contributed by atoms with Crippen molar-refractivity contribution in [3.05, 3.63) is 57.1 Å². The first kappa shape index (κ1) is 20.4. The molecule has 0 spiro atoms. The van der Waals surface area contributed by atoms with E-state index in [1.165, 1.54) is 26.1 Å². The number of anilines is 1. The molecule has 0 saturated heterocycles. The van der Waals surface area contributed by atoms with Crippen molar-refractivity contribution < 1.29 is 22.9 Å². The number of rotatable bonds is 5. The number of amides is 2. The highest BCUT2D eigenvalue weighted by atomic mass is 32.2. The topological polar surface area (TPSA) is 141 Å². The minimum atomic E-state index is -3.91. The van der Waals surface area contributed by atoms with E-state index < -0.39 is 26.8 Å². The molecule has 1 aliphatic heterocycles. The summed E-state index contributed by atoms with van der Waals surface area (Å²) in [7, 11) is -2.58. The molecule has 0 aliphatic carbocycles. The average molecular weight is 417 g/mol. The lowest BCUT2D eigenvalue weighted by Crippen LogP contribution is -2.35. The number of sulfonamides is 1. The van der Waals surface area contributed by atoms with Gasteiger partial charge in [-0.15, -0.1) is 0 Å². The molecule has 1 heterocycles. The van der Waals surface area contributed by atoms with Gasteiger partial charge in [0.1, 0.15) is 0 Å². The number of carbonyl (C=O) groups excluding carboxylic acids is 2. The van der Waals surface area contributed by atoms with E-state index in [1.807, 2.05) is 6.92 Å². The molecule has 2 aromatic carbocycles. The quantitative estimate of drug-likeness (QED) is 0.446. The van der Waals surface area contributed by atoms with Gasteiger partial charge in [-0.2, -0.15) is 4.31 Å². The standard InChI is InChI=1S/C18H17N4O6S/c1-10-4-6-12(7-5-10)29(27,28)21(3)9-13-11(2)15(22(25)26)8-14-16(13)20-18(24)17(23)19-14/h4-8H,9H2,1-3H3,(H,19,23). The minimum Gasteiger partial charge on any atom is -0.316 e. The highest BCUT2D eigenvalue weighted by Gasteiger charge is 2.33. The number of nitro benzene ring substituents is 1. The third kappa shape index (κ3) is 3.69. The van der Waals surface area contributed by atoms with E-state index in [4.69, 9.17) is 0 Å². The van der Waals surface area contributed by atoms with E-state index in [1.54, 1.807) is 12.1 Å². The Labute approximate surface area is 166 Å². The zero-order chi connectivity index (χ0) is 21.5. The normalized spacial score (nSPS) is 13.7. The summed E-state index contributed by atoms with van der Waals surface area (Å²) in [6.45, 7) is 2.99. The van der Waals surface area contributed by atoms with E-state index >= 15 is 0 Å². The summed E-state index contributed by atoms with van der Waals surface area (Å²) in [5, 5.41) is 17.4. The molecule has 151 valence electrons. The van der Waals surface area contributed by atoms with Crippen LogP contribution in [0.1, 0.15) is 16.7 Å². The molecule has 1 aliphatic rings. The summed E-state index contributed by atoms with van der Waals surface area (Å²) in [6, 6.07) is 7.35. The average Bonchev–Trinajstić information content (AvgIpc) is 2.65. The first-order valence-electron chi connectivity index (χ1n) is 8.43. The van der Waals surface area contributed by atoms with Crippen molar-refractivity contribution in [1.29, 1.82) is 0 Å². The fraction of sp³-hybridized carbons (Fsp3) is 0.222. The molecule has 29 heavy (non-hydrogen) atoms. The Morgan fingerprint density at radius 2 is 1.79 bits per heavy atom. The zero-order valence-electron chi connectivity index (χ0n) is 15.8. The third-order valence-electron chi connectivity index (χ3n) is 4.62. The number of nitro groups is 1. The maximum Gasteiger partial charge on any atom is 0.335 e. The molecule has 11 heteroatoms. The zero-order valence-corrected chi connectivity index (χ0v) is 16.6. The SMILES string of the molecule is Cc1ccc(S(=O)(=O)N(C)Cc2c(C)c([N+](=O)[O-])cc3c2[N]C(=O)C(=O)N3)cc1. The second-order valence-corrected chi connectivity index (χ2v) is 8.64. The lowest BCUT2D eigenvalue weighted by Gasteiger charge is -2.23. The van der Waals surface area contributed by atoms with Crippen LogP contribution in [0.2, 0.25) is 0 Å². The van der Waals surface area contributed by atoms with Crippen molar-refractivity contribution in [2.24, 2.45) is 0 Å². The number of nitrogens with one attached hydrogen (secondary N) is 1. The van der Waals surface area contributed by atoms with Crippen LogP contribution in [0.15, 0.2) is 35.2 Å². The lowest BCUT2D eigenvalue weighted by molar-refractivity contribution is -0.385. The Morgan fingerprint density at radius 3 is 2.38 bits per heavy atom. The molecule has 0 atom stereocenters. The molecule has 0 aromatic heterocycles. The Kier molecular flexibility index (Phi) is 5.11. The van der Waals surface area contributed by atoms with Crippen LogP contribution < -0.4 is 10.6 Å². The summed E-state index contributed by atoms with van der Waals surface area (Å²) >= 11 is 0. The molecule has 2 amide bonds. The van der Waals surface area contributed by atoms with Gasteiger partial charge in [-0.05, 0) is 26.0 Å². The molecule has 0 unspecified atom stereocenters. The van der Waals surface area contributed by atoms with Crippen molar-refractivity contribution in [3.8, 4) is 0 Å². The van der Waals surface area contributed by atoms with Crippen LogP contribution in [-0.4, -0.2) is 36.5 Å². The van der Waals surface area contributed by atoms with Crippen LogP contribution in [0.4, 0.5) is 17.1 Å². The number of nitrogens with zero attached hydrogens (tertiary/aromatic N) is 3. The molecule has 2 aromatic rings. The fourth-order valence-electron chi connectivity index (χ4n) is 2.94. The second kappa shape index (κ2) is 7.26. The summed E-state index contributed by atoms with van der Waals surface area (Å²) in [5.74, 6) is -2.07. The maximum atomic E-state index is 12.9. The molecule has 0 fully saturated rings. The Balaban J connectivity index is 2.08. The van der Waals surface area contributed by atoms with Gasteiger partial charge in [0, 0.05) is 30.8 Å². The number of fused-ring (bicyclic) bond motifs is 1. The molecular weight excluding hydrogens is 400 g/mol. The maximum absolute atomic E-state index is 12.9. The predicted molar refractivity (Wildman–Crippen MR) is 103 cm³/mol. The smallest absolute Gasteiger partial charge is 0.316 e. The van der Waals surface area contributed by atoms with Crippen LogP contribution in [-0.2, 0) is 26.2 Å². The van der Waals surface area contributed by atoms with E-state index in [-0.39, 0.29) is 39.6 Å². The predicted octanol–water partition coefficient (Wildman–Crippen LogP) is 1.75. The number of hydrogen-bond donors (Lipinski definition) is 1. The first-order chi connectivity index (χ1) is 13.5. The van der Waals surface area contributed by atoms with Crippen molar-refractivity contribution in [2.45, 2.75) is 25.3 Å². The minimum absolute atomic E-state index is 0.0111. The summed E-state index contributed by atoms with van der Waals surface area (Å²) in [6.07, 6.45) is 0. The van der Waals surface area contributed by atoms with Gasteiger partial charge in [-0.3, -0.25) is 19.7 Å². The summed E-state index contributed by atoms with van der Waals surface area (Å²) < 4.78 is 26.8. The number of aryl methyl sites for hydroxylation is 1. The van der Waals surface area contributed by atoms with E-state index in [9.17, 15) is 28.1 Å². The second-order valence-electron chi connectivity index (χ2n) is 6.60. The van der Waals surface area contributed by atoms with Crippen LogP contribution >= 0.6 is 0 Å². The third-order valence-corrected chi connectivity index (χ3v) is 6.44. The number of carbonyl (C=O) groups is 2. The Hall–Kier alpha value is -3.31. The van der Waals surface area contributed by atoms with E-state index in [0.29, 0.717) is 0 Å². The molecule has 10 nitrogen and oxygen atoms in total. The summed E-state index contributed by atoms with van der Waals surface area (Å²) in [5.41, 5.74) is 0.910. The summed E-state index contributed by atoms with van der Waals surface area (Å²) in [4.78, 5) is 34.1. The van der Waals surface area contributed by atoms with Crippen LogP contribution in [0.3, 0.4) is 0 Å². The van der Waals surface area contributed by atoms with Gasteiger partial charge < -0.3 is 5.32 Å². The molecule has 1 N–H and O–H groups in total. The van der Waals surface area contributed by atoms with Gasteiger partial charge in [-0.1, -0.05) is 17.7 Å². The van der Waals surface area contributed by atoms with Crippen molar-refractivity contribution in [2.75, 3.05) is 12.4 Å². The lowest BCUT2D eigenvalue weighted by atomic mass is 10.0. The van der Waals surface area contributed by atoms with Crippen LogP contribution in [0, 0.1) is 24.0 Å². The van der Waals surface area contributed by atoms with Gasteiger partial charge >= 0.3 is 11.8 Å². The number of benzene rings is 2. The highest BCUT2D eigenvalue weighted by Crippen LogP contribution is 2.38. The van der Waals surface area contributed by atoms with E-state index in [2.05, 4.69) is 10.6 Å². The highest BCUT2D eigenvalue weighted by molar-refractivity contribution is 7.89. The molecular formula is C18H17N4O6S. The van der Waals surface area contributed by atoms with Crippen LogP contribution in [0.5, 0.6) is 0 Å². The Morgan fingerprint density at radius 1 is 1.17 bits per heavy atom. The molecule has 0 saturated carbocycles. The van der Waals surface area contributed by atoms with Gasteiger partial charge in [0.2, 0.25) is 10.0 Å². The molecule has 3 rings (SSSR count). The van der Waals surface area contributed by atoms with Gasteiger partial charge in [0.25, 0.3) is 5.69 Å². The fourth-order valence-corrected chi connectivity index (χ4v) is 4.08. The number of hydrogen-bond acceptors (Lipinski definition) is 6. The Bertz CT molecular complexity index is 1140. The van der Waals surface area contributed by atoms with Gasteiger partial charge in [0.05, 0.1) is 21.2 Å². The van der Waals surface area contributed by atoms with Crippen molar-refractivity contribution in [1.82, 2.24) is 9.62 Å². The molecule has 0 bridgehead atoms. The van der Waals surface area contributed by atoms with Crippen LogP contribution in [0.25, 0.3) is 0 Å². The van der Waals surface area contributed by atoms with Gasteiger partial charge in [-0.25, -0.2) is 13.7 Å². The molecule has 1 radical (unpaired) electrons. The van der Waals surface area contributed by atoms with E-state index in [0.717, 1.165) is 15.9 Å². The van der Waals surface area contributed by atoms with Gasteiger partial charge in [0.15, 0.2) is 0 Å². The monoisotopic (exact) mass is 417 g/mol. The first-order valence-corrected chi connectivity index (χ1v) is 9.87.